The molecule has 5 heteroatoms. The summed E-state index contributed by atoms with van der Waals surface area (Å²) in [5.41, 5.74) is 0. The second-order valence-corrected chi connectivity index (χ2v) is 5.57. The number of anilines is 2. The van der Waals surface area contributed by atoms with Crippen LogP contribution in [0.2, 0.25) is 0 Å². The number of carbonyl (C=O) groups excluding carboxylic acids is 1. The Morgan fingerprint density at radius 3 is 3.00 bits per heavy atom. The van der Waals surface area contributed by atoms with E-state index in [0.717, 1.165) is 31.7 Å². The van der Waals surface area contributed by atoms with Crippen LogP contribution in [0.4, 0.5) is 16.4 Å². The van der Waals surface area contributed by atoms with E-state index in [-0.39, 0.29) is 6.03 Å². The molecule has 0 aromatic carbocycles. The van der Waals surface area contributed by atoms with Crippen molar-refractivity contribution < 1.29 is 4.79 Å². The number of rotatable bonds is 3. The summed E-state index contributed by atoms with van der Waals surface area (Å²) in [5.74, 6) is 2.09. The van der Waals surface area contributed by atoms with Crippen LogP contribution in [0.25, 0.3) is 0 Å². The van der Waals surface area contributed by atoms with Crippen LogP contribution in [0, 0.1) is 5.92 Å². The number of amides is 2. The molecule has 1 aromatic heterocycles. The van der Waals surface area contributed by atoms with E-state index in [9.17, 15) is 4.79 Å². The standard InChI is InChI=1S/C15H24N4O/c1-4-12-7-6-10-19(11-12)15(20)17-13-8-5-9-14(16-13)18(2)3/h5,8-9,12H,4,6-7,10-11H2,1-3H3,(H,16,17,20)/t12-/m0/s1. The minimum atomic E-state index is -0.0356. The maximum Gasteiger partial charge on any atom is 0.323 e. The smallest absolute Gasteiger partial charge is 0.323 e. The van der Waals surface area contributed by atoms with E-state index in [1.54, 1.807) is 0 Å². The largest absolute Gasteiger partial charge is 0.363 e. The maximum atomic E-state index is 12.3. The van der Waals surface area contributed by atoms with Crippen LogP contribution in [-0.2, 0) is 0 Å². The number of aromatic nitrogens is 1. The summed E-state index contributed by atoms with van der Waals surface area (Å²) in [6, 6.07) is 5.62. The second-order valence-electron chi connectivity index (χ2n) is 5.57. The number of hydrogen-bond donors (Lipinski definition) is 1. The quantitative estimate of drug-likeness (QED) is 0.923. The summed E-state index contributed by atoms with van der Waals surface area (Å²) in [6.45, 7) is 3.89. The van der Waals surface area contributed by atoms with E-state index in [1.165, 1.54) is 6.42 Å². The predicted octanol–water partition coefficient (Wildman–Crippen LogP) is 2.80. The lowest BCUT2D eigenvalue weighted by Crippen LogP contribution is -2.42. The van der Waals surface area contributed by atoms with Gasteiger partial charge >= 0.3 is 6.03 Å². The topological polar surface area (TPSA) is 48.5 Å². The molecule has 5 nitrogen and oxygen atoms in total. The number of urea groups is 1. The molecule has 1 N–H and O–H groups in total. The molecule has 110 valence electrons. The SMILES string of the molecule is CC[C@H]1CCCN(C(=O)Nc2cccc(N(C)C)n2)C1. The normalized spacial score (nSPS) is 18.8. The molecule has 0 aliphatic carbocycles. The molecule has 0 saturated carbocycles. The Hall–Kier alpha value is -1.78. The van der Waals surface area contributed by atoms with Crippen LogP contribution < -0.4 is 10.2 Å². The van der Waals surface area contributed by atoms with E-state index in [4.69, 9.17) is 0 Å². The third kappa shape index (κ3) is 3.62. The number of pyridine rings is 1. The van der Waals surface area contributed by atoms with Crippen LogP contribution in [0.3, 0.4) is 0 Å². The van der Waals surface area contributed by atoms with Crippen molar-refractivity contribution in [2.75, 3.05) is 37.4 Å². The summed E-state index contributed by atoms with van der Waals surface area (Å²) in [4.78, 5) is 20.5. The molecule has 0 unspecified atom stereocenters. The van der Waals surface area contributed by atoms with Gasteiger partial charge in [-0.3, -0.25) is 5.32 Å². The highest BCUT2D eigenvalue weighted by molar-refractivity contribution is 5.88. The fourth-order valence-electron chi connectivity index (χ4n) is 2.51. The van der Waals surface area contributed by atoms with Gasteiger partial charge < -0.3 is 9.80 Å². The molecule has 2 heterocycles. The third-order valence-electron chi connectivity index (χ3n) is 3.81. The van der Waals surface area contributed by atoms with Gasteiger partial charge in [-0.2, -0.15) is 0 Å². The average molecular weight is 276 g/mol. The number of piperidine rings is 1. The Labute approximate surface area is 121 Å². The summed E-state index contributed by atoms with van der Waals surface area (Å²) in [7, 11) is 3.87. The van der Waals surface area contributed by atoms with Gasteiger partial charge in [0.1, 0.15) is 11.6 Å². The number of nitrogens with zero attached hydrogens (tertiary/aromatic N) is 3. The summed E-state index contributed by atoms with van der Waals surface area (Å²) >= 11 is 0. The molecule has 0 radical (unpaired) electrons. The predicted molar refractivity (Wildman–Crippen MR) is 82.2 cm³/mol. The van der Waals surface area contributed by atoms with E-state index in [1.807, 2.05) is 42.1 Å². The first-order chi connectivity index (χ1) is 9.60. The lowest BCUT2D eigenvalue weighted by atomic mass is 9.96. The van der Waals surface area contributed by atoms with Crippen molar-refractivity contribution in [1.29, 1.82) is 0 Å². The van der Waals surface area contributed by atoms with Gasteiger partial charge in [0.05, 0.1) is 0 Å². The molecule has 20 heavy (non-hydrogen) atoms. The molecule has 0 spiro atoms. The fraction of sp³-hybridized carbons (Fsp3) is 0.600. The van der Waals surface area contributed by atoms with Gasteiger partial charge in [-0.25, -0.2) is 9.78 Å². The highest BCUT2D eigenvalue weighted by atomic mass is 16.2. The average Bonchev–Trinajstić information content (AvgIpc) is 2.47. The Balaban J connectivity index is 1.98. The zero-order valence-electron chi connectivity index (χ0n) is 12.6. The molecule has 2 rings (SSSR count). The summed E-state index contributed by atoms with van der Waals surface area (Å²) in [6.07, 6.45) is 3.46. The van der Waals surface area contributed by atoms with Gasteiger partial charge in [-0.05, 0) is 30.9 Å². The molecule has 1 aliphatic rings. The van der Waals surface area contributed by atoms with Gasteiger partial charge in [-0.15, -0.1) is 0 Å². The van der Waals surface area contributed by atoms with Gasteiger partial charge in [0.25, 0.3) is 0 Å². The second kappa shape index (κ2) is 6.59. The number of nitrogens with one attached hydrogen (secondary N) is 1. The first-order valence-corrected chi connectivity index (χ1v) is 7.30. The van der Waals surface area contributed by atoms with Crippen molar-refractivity contribution >= 4 is 17.7 Å². The summed E-state index contributed by atoms with van der Waals surface area (Å²) in [5, 5.41) is 2.90. The van der Waals surface area contributed by atoms with Crippen molar-refractivity contribution in [2.24, 2.45) is 5.92 Å². The molecule has 0 bridgehead atoms. The van der Waals surface area contributed by atoms with E-state index in [2.05, 4.69) is 17.2 Å². The molecular weight excluding hydrogens is 252 g/mol. The van der Waals surface area contributed by atoms with Crippen LogP contribution in [0.1, 0.15) is 26.2 Å². The molecule has 1 aromatic rings. The fourth-order valence-corrected chi connectivity index (χ4v) is 2.51. The molecule has 1 fully saturated rings. The first-order valence-electron chi connectivity index (χ1n) is 7.30. The van der Waals surface area contributed by atoms with Crippen molar-refractivity contribution in [3.63, 3.8) is 0 Å². The Bertz CT molecular complexity index is 461. The third-order valence-corrected chi connectivity index (χ3v) is 3.81. The van der Waals surface area contributed by atoms with Crippen LogP contribution >= 0.6 is 0 Å². The van der Waals surface area contributed by atoms with E-state index < -0.39 is 0 Å². The highest BCUT2D eigenvalue weighted by Gasteiger charge is 2.22. The molecule has 2 amide bonds. The van der Waals surface area contributed by atoms with Gasteiger partial charge in [0.15, 0.2) is 0 Å². The minimum Gasteiger partial charge on any atom is -0.363 e. The Morgan fingerprint density at radius 1 is 1.50 bits per heavy atom. The van der Waals surface area contributed by atoms with E-state index >= 15 is 0 Å². The van der Waals surface area contributed by atoms with Gasteiger partial charge in [0, 0.05) is 27.2 Å². The minimum absolute atomic E-state index is 0.0356. The van der Waals surface area contributed by atoms with Crippen LogP contribution in [0.5, 0.6) is 0 Å². The maximum absolute atomic E-state index is 12.3. The highest BCUT2D eigenvalue weighted by Crippen LogP contribution is 2.20. The number of hydrogen-bond acceptors (Lipinski definition) is 3. The van der Waals surface area contributed by atoms with Gasteiger partial charge in [-0.1, -0.05) is 19.4 Å². The van der Waals surface area contributed by atoms with Crippen molar-refractivity contribution in [1.82, 2.24) is 9.88 Å². The lowest BCUT2D eigenvalue weighted by Gasteiger charge is -2.32. The van der Waals surface area contributed by atoms with Gasteiger partial charge in [0.2, 0.25) is 0 Å². The van der Waals surface area contributed by atoms with E-state index in [0.29, 0.717) is 11.7 Å². The number of likely N-dealkylation sites (tertiary alicyclic amines) is 1. The molecular formula is C15H24N4O. The number of carbonyl (C=O) groups is 1. The molecule has 1 atom stereocenters. The monoisotopic (exact) mass is 276 g/mol. The molecule has 1 saturated heterocycles. The van der Waals surface area contributed by atoms with Crippen molar-refractivity contribution in [2.45, 2.75) is 26.2 Å². The lowest BCUT2D eigenvalue weighted by molar-refractivity contribution is 0.176. The Morgan fingerprint density at radius 2 is 2.30 bits per heavy atom. The van der Waals surface area contributed by atoms with Crippen LogP contribution in [-0.4, -0.2) is 43.1 Å². The van der Waals surface area contributed by atoms with Crippen molar-refractivity contribution in [3.8, 4) is 0 Å². The zero-order chi connectivity index (χ0) is 14.5. The zero-order valence-corrected chi connectivity index (χ0v) is 12.6. The summed E-state index contributed by atoms with van der Waals surface area (Å²) < 4.78 is 0. The van der Waals surface area contributed by atoms with Crippen LogP contribution in [0.15, 0.2) is 18.2 Å². The van der Waals surface area contributed by atoms with Crippen molar-refractivity contribution in [3.05, 3.63) is 18.2 Å². The first kappa shape index (κ1) is 14.6. The molecule has 1 aliphatic heterocycles. The Kier molecular flexibility index (Phi) is 4.82.